The van der Waals surface area contributed by atoms with Gasteiger partial charge in [-0.15, -0.1) is 0 Å². The van der Waals surface area contributed by atoms with Crippen LogP contribution in [0.1, 0.15) is 49.7 Å². The van der Waals surface area contributed by atoms with E-state index < -0.39 is 0 Å². The molecule has 6 rings (SSSR count). The van der Waals surface area contributed by atoms with E-state index >= 15 is 0 Å². The lowest BCUT2D eigenvalue weighted by Gasteiger charge is -2.43. The number of phenolic OH excluding ortho intramolecular Hbond substituents is 1. The molecule has 3 fully saturated rings. The number of para-hydroxylation sites is 1. The molecule has 0 radical (unpaired) electrons. The summed E-state index contributed by atoms with van der Waals surface area (Å²) >= 11 is 12.6. The van der Waals surface area contributed by atoms with E-state index in [-0.39, 0.29) is 39.8 Å². The SMILES string of the molecule is O=C([C@@H](Cc1cc(Cl)c(O)c(Cl)c1)N1CCC(N2CCc3ccccc3NC2=O)CC1)N1CCC(C2CCNCC2)CC1. The van der Waals surface area contributed by atoms with Crippen LogP contribution in [0.5, 0.6) is 5.75 Å². The molecule has 0 aromatic heterocycles. The Balaban J connectivity index is 1.13. The number of amides is 3. The van der Waals surface area contributed by atoms with Crippen molar-refractivity contribution in [2.24, 2.45) is 11.8 Å². The zero-order valence-corrected chi connectivity index (χ0v) is 26.3. The number of aromatic hydroxyl groups is 1. The lowest BCUT2D eigenvalue weighted by molar-refractivity contribution is -0.139. The van der Waals surface area contributed by atoms with Crippen LogP contribution in [-0.4, -0.2) is 89.6 Å². The van der Waals surface area contributed by atoms with Gasteiger partial charge in [-0.1, -0.05) is 41.4 Å². The summed E-state index contributed by atoms with van der Waals surface area (Å²) in [5.74, 6) is 1.48. The van der Waals surface area contributed by atoms with Gasteiger partial charge in [0.25, 0.3) is 0 Å². The zero-order chi connectivity index (χ0) is 29.9. The van der Waals surface area contributed by atoms with Gasteiger partial charge in [-0.3, -0.25) is 9.69 Å². The summed E-state index contributed by atoms with van der Waals surface area (Å²) in [7, 11) is 0. The lowest BCUT2D eigenvalue weighted by Crippen LogP contribution is -2.56. The Morgan fingerprint density at radius 2 is 1.56 bits per heavy atom. The fourth-order valence-corrected chi connectivity index (χ4v) is 8.23. The van der Waals surface area contributed by atoms with Crippen molar-refractivity contribution in [2.45, 2.75) is 63.5 Å². The highest BCUT2D eigenvalue weighted by atomic mass is 35.5. The van der Waals surface area contributed by atoms with E-state index in [1.54, 1.807) is 12.1 Å². The summed E-state index contributed by atoms with van der Waals surface area (Å²) in [4.78, 5) is 33.7. The highest BCUT2D eigenvalue weighted by molar-refractivity contribution is 6.37. The van der Waals surface area contributed by atoms with Crippen molar-refractivity contribution < 1.29 is 14.7 Å². The van der Waals surface area contributed by atoms with E-state index in [2.05, 4.69) is 26.5 Å². The fraction of sp³-hybridized carbons (Fsp3) is 0.576. The quantitative estimate of drug-likeness (QED) is 0.399. The first-order valence-corrected chi connectivity index (χ1v) is 16.7. The molecule has 2 aromatic carbocycles. The number of halogens is 2. The maximum atomic E-state index is 14.2. The summed E-state index contributed by atoms with van der Waals surface area (Å²) in [5.41, 5.74) is 2.90. The smallest absolute Gasteiger partial charge is 0.322 e. The average Bonchev–Trinajstić information content (AvgIpc) is 3.21. The summed E-state index contributed by atoms with van der Waals surface area (Å²) in [6, 6.07) is 11.2. The molecule has 43 heavy (non-hydrogen) atoms. The minimum absolute atomic E-state index is 0.0407. The van der Waals surface area contributed by atoms with Crippen LogP contribution in [0.4, 0.5) is 10.5 Å². The van der Waals surface area contributed by atoms with Crippen LogP contribution >= 0.6 is 23.2 Å². The van der Waals surface area contributed by atoms with Crippen molar-refractivity contribution in [3.63, 3.8) is 0 Å². The summed E-state index contributed by atoms with van der Waals surface area (Å²) in [6.45, 7) is 5.94. The van der Waals surface area contributed by atoms with Gasteiger partial charge in [0.15, 0.2) is 5.75 Å². The summed E-state index contributed by atoms with van der Waals surface area (Å²) in [6.07, 6.45) is 7.51. The minimum Gasteiger partial charge on any atom is -0.505 e. The van der Waals surface area contributed by atoms with Crippen molar-refractivity contribution in [1.82, 2.24) is 20.0 Å². The predicted molar refractivity (Wildman–Crippen MR) is 171 cm³/mol. The number of hydrogen-bond donors (Lipinski definition) is 3. The largest absolute Gasteiger partial charge is 0.505 e. The van der Waals surface area contributed by atoms with Crippen LogP contribution in [0, 0.1) is 11.8 Å². The second kappa shape index (κ2) is 13.6. The first kappa shape index (κ1) is 30.5. The number of likely N-dealkylation sites (tertiary alicyclic amines) is 2. The number of nitrogens with one attached hydrogen (secondary N) is 2. The molecule has 4 aliphatic rings. The van der Waals surface area contributed by atoms with Crippen LogP contribution in [0.25, 0.3) is 0 Å². The zero-order valence-electron chi connectivity index (χ0n) is 24.7. The topological polar surface area (TPSA) is 88.1 Å². The number of piperidine rings is 3. The molecule has 4 heterocycles. The number of hydrogen-bond acceptors (Lipinski definition) is 5. The molecule has 0 unspecified atom stereocenters. The number of carbonyl (C=O) groups excluding carboxylic acids is 2. The van der Waals surface area contributed by atoms with Gasteiger partial charge < -0.3 is 25.5 Å². The molecule has 232 valence electrons. The molecule has 1 atom stereocenters. The Morgan fingerprint density at radius 1 is 0.907 bits per heavy atom. The number of carbonyl (C=O) groups is 2. The average molecular weight is 629 g/mol. The van der Waals surface area contributed by atoms with Crippen LogP contribution < -0.4 is 10.6 Å². The third-order valence-corrected chi connectivity index (χ3v) is 10.8. The number of phenols is 1. The monoisotopic (exact) mass is 627 g/mol. The van der Waals surface area contributed by atoms with Crippen molar-refractivity contribution in [3.05, 3.63) is 57.6 Å². The van der Waals surface area contributed by atoms with E-state index in [0.717, 1.165) is 94.1 Å². The number of nitrogens with zero attached hydrogens (tertiary/aromatic N) is 3. The van der Waals surface area contributed by atoms with Crippen molar-refractivity contribution in [1.29, 1.82) is 0 Å². The first-order chi connectivity index (χ1) is 20.9. The molecule has 0 bridgehead atoms. The molecule has 0 aliphatic carbocycles. The lowest BCUT2D eigenvalue weighted by atomic mass is 9.79. The predicted octanol–water partition coefficient (Wildman–Crippen LogP) is 5.40. The number of benzene rings is 2. The van der Waals surface area contributed by atoms with Crippen molar-refractivity contribution in [2.75, 3.05) is 51.1 Å². The van der Waals surface area contributed by atoms with Gasteiger partial charge in [-0.2, -0.15) is 0 Å². The molecular formula is C33H43Cl2N5O3. The first-order valence-electron chi connectivity index (χ1n) is 15.9. The Hall–Kier alpha value is -2.52. The van der Waals surface area contributed by atoms with Gasteiger partial charge in [-0.25, -0.2) is 4.79 Å². The fourth-order valence-electron chi connectivity index (χ4n) is 7.70. The Morgan fingerprint density at radius 3 is 2.26 bits per heavy atom. The molecular weight excluding hydrogens is 585 g/mol. The van der Waals surface area contributed by atoms with Gasteiger partial charge in [0, 0.05) is 44.5 Å². The number of urea groups is 1. The second-order valence-corrected chi connectivity index (χ2v) is 13.5. The third kappa shape index (κ3) is 6.93. The van der Waals surface area contributed by atoms with E-state index in [9.17, 15) is 14.7 Å². The Kier molecular flexibility index (Phi) is 9.67. The normalized spacial score (nSPS) is 22.1. The molecule has 3 amide bonds. The van der Waals surface area contributed by atoms with E-state index in [1.165, 1.54) is 12.8 Å². The molecule has 10 heteroatoms. The van der Waals surface area contributed by atoms with Crippen LogP contribution in [0.2, 0.25) is 10.0 Å². The second-order valence-electron chi connectivity index (χ2n) is 12.7. The maximum absolute atomic E-state index is 14.2. The Labute approximate surface area is 264 Å². The van der Waals surface area contributed by atoms with Gasteiger partial charge >= 0.3 is 6.03 Å². The van der Waals surface area contributed by atoms with Crippen molar-refractivity contribution in [3.8, 4) is 5.75 Å². The van der Waals surface area contributed by atoms with Crippen LogP contribution in [0.15, 0.2) is 36.4 Å². The summed E-state index contributed by atoms with van der Waals surface area (Å²) in [5, 5.41) is 17.1. The van der Waals surface area contributed by atoms with E-state index in [4.69, 9.17) is 23.2 Å². The molecule has 0 saturated carbocycles. The van der Waals surface area contributed by atoms with Crippen LogP contribution in [0.3, 0.4) is 0 Å². The molecule has 2 aromatic rings. The Bertz CT molecular complexity index is 1280. The van der Waals surface area contributed by atoms with Gasteiger partial charge in [0.1, 0.15) is 0 Å². The van der Waals surface area contributed by atoms with E-state index in [1.807, 2.05) is 23.1 Å². The highest BCUT2D eigenvalue weighted by Crippen LogP contribution is 2.35. The van der Waals surface area contributed by atoms with Crippen molar-refractivity contribution >= 4 is 40.8 Å². The van der Waals surface area contributed by atoms with E-state index in [0.29, 0.717) is 18.9 Å². The molecule has 3 saturated heterocycles. The molecule has 8 nitrogen and oxygen atoms in total. The molecule has 4 aliphatic heterocycles. The van der Waals surface area contributed by atoms with Gasteiger partial charge in [0.2, 0.25) is 5.91 Å². The maximum Gasteiger partial charge on any atom is 0.322 e. The molecule has 0 spiro atoms. The highest BCUT2D eigenvalue weighted by Gasteiger charge is 2.38. The standard InChI is InChI=1S/C33H43Cl2N5O3/c34-27-19-22(20-28(35)31(27)41)21-30(32(42)39-14-7-24(8-15-39)23-5-12-36-13-6-23)38-16-10-26(11-17-38)40-18-9-25-3-1-2-4-29(25)37-33(40)43/h1-4,19-20,23-24,26,30,36,41H,5-18,21H2,(H,37,43)/t30-/m1/s1. The number of fused-ring (bicyclic) bond motifs is 1. The van der Waals surface area contributed by atoms with Crippen LogP contribution in [-0.2, 0) is 17.6 Å². The third-order valence-electron chi connectivity index (χ3n) is 10.2. The van der Waals surface area contributed by atoms with Gasteiger partial charge in [0.05, 0.1) is 16.1 Å². The van der Waals surface area contributed by atoms with Gasteiger partial charge in [-0.05, 0) is 106 Å². The number of anilines is 1. The summed E-state index contributed by atoms with van der Waals surface area (Å²) < 4.78 is 0. The molecule has 3 N–H and O–H groups in total. The number of rotatable bonds is 6. The minimum atomic E-state index is -0.352.